The lowest BCUT2D eigenvalue weighted by Gasteiger charge is -2.18. The number of anilines is 2. The number of hydrogen-bond acceptors (Lipinski definition) is 8. The van der Waals surface area contributed by atoms with Crippen LogP contribution in [0.4, 0.5) is 20.4 Å². The molecule has 0 unspecified atom stereocenters. The van der Waals surface area contributed by atoms with Gasteiger partial charge in [-0.15, -0.1) is 10.2 Å². The van der Waals surface area contributed by atoms with Crippen molar-refractivity contribution in [3.63, 3.8) is 0 Å². The van der Waals surface area contributed by atoms with E-state index in [1.807, 2.05) is 12.1 Å². The first-order chi connectivity index (χ1) is 16.5. The predicted molar refractivity (Wildman–Crippen MR) is 120 cm³/mol. The molecule has 4 rings (SSSR count). The van der Waals surface area contributed by atoms with E-state index in [1.165, 1.54) is 25.3 Å². The molecule has 178 valence electrons. The summed E-state index contributed by atoms with van der Waals surface area (Å²) >= 11 is 0. The van der Waals surface area contributed by atoms with Gasteiger partial charge in [0.25, 0.3) is 5.91 Å². The number of nitrogens with one attached hydrogen (secondary N) is 1. The van der Waals surface area contributed by atoms with Crippen molar-refractivity contribution in [2.24, 2.45) is 5.92 Å². The van der Waals surface area contributed by atoms with Crippen LogP contribution < -0.4 is 15.0 Å². The van der Waals surface area contributed by atoms with Gasteiger partial charge in [0.05, 0.1) is 5.69 Å². The van der Waals surface area contributed by atoms with Crippen LogP contribution in [0.5, 0.6) is 5.75 Å². The molecule has 0 spiro atoms. The van der Waals surface area contributed by atoms with Gasteiger partial charge in [0.2, 0.25) is 0 Å². The van der Waals surface area contributed by atoms with E-state index in [0.717, 1.165) is 37.4 Å². The lowest BCUT2D eigenvalue weighted by Crippen LogP contribution is -2.24. The second-order valence-electron chi connectivity index (χ2n) is 7.85. The van der Waals surface area contributed by atoms with E-state index >= 15 is 0 Å². The third-order valence-corrected chi connectivity index (χ3v) is 5.50. The summed E-state index contributed by atoms with van der Waals surface area (Å²) in [6.07, 6.45) is 2.49. The van der Waals surface area contributed by atoms with Gasteiger partial charge in [-0.2, -0.15) is 19.0 Å². The predicted octanol–water partition coefficient (Wildman–Crippen LogP) is 3.26. The zero-order valence-electron chi connectivity index (χ0n) is 18.5. The number of rotatable bonds is 9. The molecule has 1 aliphatic rings. The maximum Gasteiger partial charge on any atom is 0.387 e. The molecule has 1 fully saturated rings. The summed E-state index contributed by atoms with van der Waals surface area (Å²) in [5.74, 6) is 0.856. The van der Waals surface area contributed by atoms with E-state index in [2.05, 4.69) is 35.3 Å². The minimum absolute atomic E-state index is 0.0604. The van der Waals surface area contributed by atoms with Gasteiger partial charge >= 0.3 is 6.61 Å². The Morgan fingerprint density at radius 1 is 1.18 bits per heavy atom. The number of carbonyl (C=O) groups is 1. The molecule has 1 amide bonds. The zero-order valence-corrected chi connectivity index (χ0v) is 18.5. The van der Waals surface area contributed by atoms with Crippen molar-refractivity contribution in [1.82, 2.24) is 20.4 Å². The Bertz CT molecular complexity index is 1090. The largest absolute Gasteiger partial charge is 0.435 e. The number of halogens is 2. The molecule has 0 saturated carbocycles. The summed E-state index contributed by atoms with van der Waals surface area (Å²) in [6, 6.07) is 13.1. The summed E-state index contributed by atoms with van der Waals surface area (Å²) in [5.41, 5.74) is 1.34. The number of carbonyl (C=O) groups excluding carboxylic acids is 1. The molecule has 11 heteroatoms. The monoisotopic (exact) mass is 470 g/mol. The van der Waals surface area contributed by atoms with E-state index in [9.17, 15) is 13.6 Å². The van der Waals surface area contributed by atoms with E-state index in [0.29, 0.717) is 11.5 Å². The van der Waals surface area contributed by atoms with Crippen LogP contribution in [0.25, 0.3) is 0 Å². The van der Waals surface area contributed by atoms with E-state index in [1.54, 1.807) is 24.4 Å². The standard InChI is InChI=1S/C23H24F2N6O3/c1-33-21(16-4-2-6-18(13-16)34-23(24)25)22(32)27-19-7-8-20(30-29-19)31-11-9-15(14-31)12-17-5-3-10-26-28-17/h2-8,10,13,15,21,23H,9,11-12,14H2,1H3,(H,27,29,32)/t15-,21-/m0/s1. The highest BCUT2D eigenvalue weighted by atomic mass is 19.3. The summed E-state index contributed by atoms with van der Waals surface area (Å²) < 4.78 is 34.6. The molecule has 3 heterocycles. The van der Waals surface area contributed by atoms with Gasteiger partial charge in [0.1, 0.15) is 5.75 Å². The molecular weight excluding hydrogens is 446 g/mol. The molecule has 1 N–H and O–H groups in total. The summed E-state index contributed by atoms with van der Waals surface area (Å²) in [7, 11) is 1.35. The average Bonchev–Trinajstić information content (AvgIpc) is 3.29. The van der Waals surface area contributed by atoms with Crippen LogP contribution in [-0.4, -0.2) is 53.1 Å². The number of benzene rings is 1. The Labute approximate surface area is 195 Å². The van der Waals surface area contributed by atoms with E-state index < -0.39 is 18.6 Å². The number of aromatic nitrogens is 4. The minimum atomic E-state index is -2.96. The molecule has 0 bridgehead atoms. The number of ether oxygens (including phenoxy) is 2. The second kappa shape index (κ2) is 10.9. The van der Waals surface area contributed by atoms with Gasteiger partial charge < -0.3 is 19.7 Å². The number of hydrogen-bond donors (Lipinski definition) is 1. The molecule has 2 aromatic heterocycles. The molecule has 1 aliphatic heterocycles. The first-order valence-electron chi connectivity index (χ1n) is 10.8. The highest BCUT2D eigenvalue weighted by Crippen LogP contribution is 2.26. The number of amides is 1. The molecule has 1 aromatic carbocycles. The molecule has 2 atom stereocenters. The van der Waals surface area contributed by atoms with Crippen molar-refractivity contribution >= 4 is 17.5 Å². The van der Waals surface area contributed by atoms with Crippen LogP contribution in [0.15, 0.2) is 54.7 Å². The van der Waals surface area contributed by atoms with Crippen molar-refractivity contribution in [2.45, 2.75) is 25.6 Å². The molecular formula is C23H24F2N6O3. The van der Waals surface area contributed by atoms with Crippen LogP contribution in [0.2, 0.25) is 0 Å². The maximum atomic E-state index is 12.7. The summed E-state index contributed by atoms with van der Waals surface area (Å²) in [5, 5.41) is 19.1. The van der Waals surface area contributed by atoms with Gasteiger partial charge in [-0.05, 0) is 60.7 Å². The van der Waals surface area contributed by atoms with Crippen LogP contribution >= 0.6 is 0 Å². The van der Waals surface area contributed by atoms with Crippen LogP contribution in [0.1, 0.15) is 23.8 Å². The average molecular weight is 470 g/mol. The minimum Gasteiger partial charge on any atom is -0.435 e. The molecule has 1 saturated heterocycles. The molecule has 0 radical (unpaired) electrons. The third kappa shape index (κ3) is 5.98. The van der Waals surface area contributed by atoms with Crippen molar-refractivity contribution in [1.29, 1.82) is 0 Å². The Morgan fingerprint density at radius 3 is 2.76 bits per heavy atom. The van der Waals surface area contributed by atoms with Crippen molar-refractivity contribution < 1.29 is 23.0 Å². The normalized spacial score (nSPS) is 16.5. The van der Waals surface area contributed by atoms with E-state index in [-0.39, 0.29) is 11.6 Å². The Kier molecular flexibility index (Phi) is 7.53. The van der Waals surface area contributed by atoms with Gasteiger partial charge in [-0.3, -0.25) is 4.79 Å². The fraction of sp³-hybridized carbons (Fsp3) is 0.348. The third-order valence-electron chi connectivity index (χ3n) is 5.50. The van der Waals surface area contributed by atoms with Crippen molar-refractivity contribution in [3.05, 3.63) is 66.0 Å². The SMILES string of the molecule is CO[C@H](C(=O)Nc1ccc(N2CC[C@@H](Cc3cccnn3)C2)nn1)c1cccc(OC(F)F)c1. The summed E-state index contributed by atoms with van der Waals surface area (Å²) in [4.78, 5) is 14.9. The van der Waals surface area contributed by atoms with E-state index in [4.69, 9.17) is 4.74 Å². The first kappa shape index (κ1) is 23.4. The Hall–Kier alpha value is -3.73. The molecule has 0 aliphatic carbocycles. The number of alkyl halides is 2. The highest BCUT2D eigenvalue weighted by molar-refractivity contribution is 5.94. The van der Waals surface area contributed by atoms with Gasteiger partial charge in [0, 0.05) is 26.4 Å². The number of methoxy groups -OCH3 is 1. The van der Waals surface area contributed by atoms with Crippen LogP contribution in [-0.2, 0) is 16.0 Å². The van der Waals surface area contributed by atoms with Crippen LogP contribution in [0, 0.1) is 5.92 Å². The van der Waals surface area contributed by atoms with Crippen LogP contribution in [0.3, 0.4) is 0 Å². The van der Waals surface area contributed by atoms with Gasteiger partial charge in [-0.1, -0.05) is 12.1 Å². The topological polar surface area (TPSA) is 102 Å². The Morgan fingerprint density at radius 2 is 2.06 bits per heavy atom. The lowest BCUT2D eigenvalue weighted by molar-refractivity contribution is -0.126. The molecule has 9 nitrogen and oxygen atoms in total. The maximum absolute atomic E-state index is 12.7. The first-order valence-corrected chi connectivity index (χ1v) is 10.8. The smallest absolute Gasteiger partial charge is 0.387 e. The zero-order chi connectivity index (χ0) is 23.9. The number of nitrogens with zero attached hydrogens (tertiary/aromatic N) is 5. The van der Waals surface area contributed by atoms with Gasteiger partial charge in [0.15, 0.2) is 17.7 Å². The van der Waals surface area contributed by atoms with Crippen molar-refractivity contribution in [3.8, 4) is 5.75 Å². The fourth-order valence-electron chi connectivity index (χ4n) is 3.95. The fourth-order valence-corrected chi connectivity index (χ4v) is 3.95. The molecule has 3 aromatic rings. The quantitative estimate of drug-likeness (QED) is 0.509. The second-order valence-corrected chi connectivity index (χ2v) is 7.85. The van der Waals surface area contributed by atoms with Crippen molar-refractivity contribution in [2.75, 3.05) is 30.4 Å². The lowest BCUT2D eigenvalue weighted by atomic mass is 10.0. The van der Waals surface area contributed by atoms with Gasteiger partial charge in [-0.25, -0.2) is 0 Å². The Balaban J connectivity index is 1.35. The highest BCUT2D eigenvalue weighted by Gasteiger charge is 2.25. The molecule has 34 heavy (non-hydrogen) atoms. The summed E-state index contributed by atoms with van der Waals surface area (Å²) in [6.45, 7) is -1.27.